The van der Waals surface area contributed by atoms with Gasteiger partial charge in [-0.2, -0.15) is 0 Å². The predicted octanol–water partition coefficient (Wildman–Crippen LogP) is 1.94. The summed E-state index contributed by atoms with van der Waals surface area (Å²) < 4.78 is 0. The number of hydrogen-bond acceptors (Lipinski definition) is 2. The molecule has 2 saturated carbocycles. The Morgan fingerprint density at radius 1 is 1.20 bits per heavy atom. The van der Waals surface area contributed by atoms with Crippen molar-refractivity contribution in [3.8, 4) is 0 Å². The Labute approximate surface area is 121 Å². The molecule has 0 spiro atoms. The number of carbonyl (C=O) groups excluding carboxylic acids is 2. The van der Waals surface area contributed by atoms with Gasteiger partial charge < -0.3 is 10.2 Å². The van der Waals surface area contributed by atoms with Crippen molar-refractivity contribution in [2.75, 3.05) is 6.54 Å². The summed E-state index contributed by atoms with van der Waals surface area (Å²) in [6.45, 7) is 5.08. The van der Waals surface area contributed by atoms with Crippen LogP contribution in [0.25, 0.3) is 0 Å². The van der Waals surface area contributed by atoms with Crippen molar-refractivity contribution < 1.29 is 9.59 Å². The van der Waals surface area contributed by atoms with E-state index in [1.807, 2.05) is 11.8 Å². The van der Waals surface area contributed by atoms with Crippen molar-refractivity contribution >= 4 is 11.8 Å². The van der Waals surface area contributed by atoms with Gasteiger partial charge in [-0.05, 0) is 49.9 Å². The van der Waals surface area contributed by atoms with E-state index < -0.39 is 0 Å². The van der Waals surface area contributed by atoms with Gasteiger partial charge in [0, 0.05) is 6.54 Å². The van der Waals surface area contributed by atoms with E-state index in [1.165, 1.54) is 19.3 Å². The molecule has 4 heteroatoms. The second kappa shape index (κ2) is 5.38. The van der Waals surface area contributed by atoms with E-state index in [4.69, 9.17) is 0 Å². The molecule has 4 unspecified atom stereocenters. The van der Waals surface area contributed by atoms with Crippen molar-refractivity contribution in [1.82, 2.24) is 10.2 Å². The minimum Gasteiger partial charge on any atom is -0.342 e. The molecule has 0 bridgehead atoms. The van der Waals surface area contributed by atoms with E-state index in [2.05, 4.69) is 12.2 Å². The highest BCUT2D eigenvalue weighted by Crippen LogP contribution is 2.37. The third-order valence-electron chi connectivity index (χ3n) is 5.26. The lowest BCUT2D eigenvalue weighted by atomic mass is 9.98. The lowest BCUT2D eigenvalue weighted by Crippen LogP contribution is -2.64. The molecule has 0 radical (unpaired) electrons. The minimum atomic E-state index is -0.242. The molecule has 1 aliphatic heterocycles. The molecule has 3 rings (SSSR count). The number of piperazine rings is 1. The van der Waals surface area contributed by atoms with Gasteiger partial charge in [0.25, 0.3) is 0 Å². The van der Waals surface area contributed by atoms with Crippen molar-refractivity contribution in [3.63, 3.8) is 0 Å². The smallest absolute Gasteiger partial charge is 0.246 e. The quantitative estimate of drug-likeness (QED) is 0.854. The molecule has 3 aliphatic rings. The average Bonchev–Trinajstić information content (AvgIpc) is 3.17. The highest BCUT2D eigenvalue weighted by atomic mass is 16.2. The first kappa shape index (κ1) is 13.9. The Bertz CT molecular complexity index is 405. The first-order chi connectivity index (χ1) is 9.60. The molecule has 2 aliphatic carbocycles. The molecule has 4 nitrogen and oxygen atoms in total. The summed E-state index contributed by atoms with van der Waals surface area (Å²) in [5, 5.41) is 2.96. The zero-order chi connectivity index (χ0) is 14.3. The molecule has 0 aromatic heterocycles. The van der Waals surface area contributed by atoms with Gasteiger partial charge in [-0.1, -0.05) is 20.3 Å². The number of amides is 2. The molecule has 4 atom stereocenters. The lowest BCUT2D eigenvalue weighted by molar-refractivity contribution is -0.150. The zero-order valence-corrected chi connectivity index (χ0v) is 12.6. The van der Waals surface area contributed by atoms with E-state index >= 15 is 0 Å². The summed E-state index contributed by atoms with van der Waals surface area (Å²) in [6.07, 6.45) is 6.57. The molecule has 0 aromatic rings. The summed E-state index contributed by atoms with van der Waals surface area (Å²) in [6, 6.07) is -0.475. The fourth-order valence-corrected chi connectivity index (χ4v) is 3.93. The third kappa shape index (κ3) is 2.57. The van der Waals surface area contributed by atoms with E-state index in [-0.39, 0.29) is 23.9 Å². The molecule has 3 fully saturated rings. The Morgan fingerprint density at radius 2 is 1.95 bits per heavy atom. The Kier molecular flexibility index (Phi) is 3.74. The van der Waals surface area contributed by atoms with Gasteiger partial charge in [-0.15, -0.1) is 0 Å². The van der Waals surface area contributed by atoms with Crippen LogP contribution < -0.4 is 5.32 Å². The van der Waals surface area contributed by atoms with E-state index in [0.29, 0.717) is 11.8 Å². The lowest BCUT2D eigenvalue weighted by Gasteiger charge is -2.40. The molecule has 1 heterocycles. The van der Waals surface area contributed by atoms with Gasteiger partial charge in [-0.25, -0.2) is 0 Å². The Hall–Kier alpha value is -1.06. The van der Waals surface area contributed by atoms with Crippen LogP contribution in [0.3, 0.4) is 0 Å². The van der Waals surface area contributed by atoms with Crippen LogP contribution in [0.2, 0.25) is 0 Å². The van der Waals surface area contributed by atoms with Crippen LogP contribution >= 0.6 is 0 Å². The molecule has 112 valence electrons. The molecular formula is C16H26N2O2. The largest absolute Gasteiger partial charge is 0.342 e. The van der Waals surface area contributed by atoms with Crippen LogP contribution in [0.15, 0.2) is 0 Å². The summed E-state index contributed by atoms with van der Waals surface area (Å²) in [7, 11) is 0. The third-order valence-corrected chi connectivity index (χ3v) is 5.26. The van der Waals surface area contributed by atoms with Crippen molar-refractivity contribution in [3.05, 3.63) is 0 Å². The topological polar surface area (TPSA) is 49.4 Å². The summed E-state index contributed by atoms with van der Waals surface area (Å²) in [5.41, 5.74) is 0. The minimum absolute atomic E-state index is 0.0649. The van der Waals surface area contributed by atoms with Gasteiger partial charge in [-0.3, -0.25) is 9.59 Å². The molecule has 0 aromatic carbocycles. The van der Waals surface area contributed by atoms with Crippen LogP contribution in [0.4, 0.5) is 0 Å². The maximum atomic E-state index is 12.7. The maximum Gasteiger partial charge on any atom is 0.246 e. The van der Waals surface area contributed by atoms with Crippen molar-refractivity contribution in [2.45, 2.75) is 64.5 Å². The van der Waals surface area contributed by atoms with Crippen molar-refractivity contribution in [1.29, 1.82) is 0 Å². The summed E-state index contributed by atoms with van der Waals surface area (Å²) >= 11 is 0. The number of hydrogen-bond donors (Lipinski definition) is 1. The van der Waals surface area contributed by atoms with Crippen molar-refractivity contribution in [2.24, 2.45) is 17.8 Å². The predicted molar refractivity (Wildman–Crippen MR) is 77.0 cm³/mol. The van der Waals surface area contributed by atoms with Gasteiger partial charge in [0.1, 0.15) is 12.1 Å². The van der Waals surface area contributed by atoms with Crippen LogP contribution in [0.5, 0.6) is 0 Å². The second-order valence-corrected chi connectivity index (χ2v) is 7.02. The molecular weight excluding hydrogens is 252 g/mol. The monoisotopic (exact) mass is 278 g/mol. The standard InChI is InChI=1S/C16H26N2O2/c1-3-13-15(19)17-14(12-6-7-12)16(20)18(13)9-11-5-4-10(2)8-11/h10-14H,3-9H2,1-2H3,(H,17,19). The number of nitrogens with zero attached hydrogens (tertiary/aromatic N) is 1. The van der Waals surface area contributed by atoms with Gasteiger partial charge in [0.05, 0.1) is 0 Å². The maximum absolute atomic E-state index is 12.7. The molecule has 1 N–H and O–H groups in total. The zero-order valence-electron chi connectivity index (χ0n) is 12.6. The normalized spacial score (nSPS) is 38.2. The van der Waals surface area contributed by atoms with Crippen LogP contribution in [-0.4, -0.2) is 35.3 Å². The molecule has 2 amide bonds. The van der Waals surface area contributed by atoms with Gasteiger partial charge in [0.15, 0.2) is 0 Å². The average molecular weight is 278 g/mol. The van der Waals surface area contributed by atoms with E-state index in [9.17, 15) is 9.59 Å². The second-order valence-electron chi connectivity index (χ2n) is 7.02. The fourth-order valence-electron chi connectivity index (χ4n) is 3.93. The highest BCUT2D eigenvalue weighted by molar-refractivity contribution is 5.97. The van der Waals surface area contributed by atoms with Crippen LogP contribution in [-0.2, 0) is 9.59 Å². The first-order valence-corrected chi connectivity index (χ1v) is 8.21. The first-order valence-electron chi connectivity index (χ1n) is 8.21. The van der Waals surface area contributed by atoms with Crippen LogP contribution in [0, 0.1) is 17.8 Å². The van der Waals surface area contributed by atoms with E-state index in [1.54, 1.807) is 0 Å². The summed E-state index contributed by atoms with van der Waals surface area (Å²) in [5.74, 6) is 2.00. The highest BCUT2D eigenvalue weighted by Gasteiger charge is 2.46. The Balaban J connectivity index is 1.72. The Morgan fingerprint density at radius 3 is 2.50 bits per heavy atom. The number of nitrogens with one attached hydrogen (secondary N) is 1. The van der Waals surface area contributed by atoms with Gasteiger partial charge in [0.2, 0.25) is 11.8 Å². The number of rotatable bonds is 4. The van der Waals surface area contributed by atoms with E-state index in [0.717, 1.165) is 31.7 Å². The van der Waals surface area contributed by atoms with Crippen LogP contribution in [0.1, 0.15) is 52.4 Å². The summed E-state index contributed by atoms with van der Waals surface area (Å²) in [4.78, 5) is 26.9. The SMILES string of the molecule is CCC1C(=O)NC(C2CC2)C(=O)N1CC1CCC(C)C1. The molecule has 1 saturated heterocycles. The van der Waals surface area contributed by atoms with Gasteiger partial charge >= 0.3 is 0 Å². The fraction of sp³-hybridized carbons (Fsp3) is 0.875. The number of carbonyl (C=O) groups is 2. The molecule has 20 heavy (non-hydrogen) atoms.